The first-order chi connectivity index (χ1) is 14.2. The van der Waals surface area contributed by atoms with Crippen LogP contribution in [0.15, 0.2) is 24.3 Å². The molecule has 1 aliphatic heterocycles. The van der Waals surface area contributed by atoms with E-state index in [1.54, 1.807) is 36.1 Å². The highest BCUT2D eigenvalue weighted by Gasteiger charge is 2.33. The molecule has 2 heterocycles. The van der Waals surface area contributed by atoms with Crippen molar-refractivity contribution in [1.29, 1.82) is 0 Å². The van der Waals surface area contributed by atoms with E-state index in [9.17, 15) is 22.8 Å². The topological polar surface area (TPSA) is 64.4 Å². The summed E-state index contributed by atoms with van der Waals surface area (Å²) in [6, 6.07) is 7.01. The zero-order chi connectivity index (χ0) is 21.9. The highest BCUT2D eigenvalue weighted by Crippen LogP contribution is 2.27. The Bertz CT molecular complexity index is 943. The number of rotatable bonds is 6. The van der Waals surface area contributed by atoms with E-state index in [0.29, 0.717) is 34.8 Å². The minimum absolute atomic E-state index is 0.0377. The molecule has 0 aliphatic carbocycles. The highest BCUT2D eigenvalue weighted by atomic mass is 35.5. The number of aryl methyl sites for hydroxylation is 1. The average Bonchev–Trinajstić information content (AvgIpc) is 3.06. The standard InChI is InChI=1S/C20H21ClF3N3O3/c1-2-30-19(29)18-14-12-26(17(28)11-13-5-3-4-6-15(13)21)9-7-16(14)27(25-18)10-8-20(22,23)24/h3-6H,2,7-12H2,1H3. The molecule has 6 nitrogen and oxygen atoms in total. The van der Waals surface area contributed by atoms with E-state index >= 15 is 0 Å². The fraction of sp³-hybridized carbons (Fsp3) is 0.450. The van der Waals surface area contributed by atoms with Crippen molar-refractivity contribution >= 4 is 23.5 Å². The van der Waals surface area contributed by atoms with Gasteiger partial charge in [-0.1, -0.05) is 29.8 Å². The first-order valence-corrected chi connectivity index (χ1v) is 9.91. The zero-order valence-corrected chi connectivity index (χ0v) is 17.1. The second kappa shape index (κ2) is 9.07. The monoisotopic (exact) mass is 443 g/mol. The van der Waals surface area contributed by atoms with Gasteiger partial charge in [0.2, 0.25) is 5.91 Å². The summed E-state index contributed by atoms with van der Waals surface area (Å²) in [6.45, 7) is 1.75. The Morgan fingerprint density at radius 1 is 1.27 bits per heavy atom. The zero-order valence-electron chi connectivity index (χ0n) is 16.3. The molecule has 0 unspecified atom stereocenters. The number of fused-ring (bicyclic) bond motifs is 1. The van der Waals surface area contributed by atoms with Crippen LogP contribution in [0, 0.1) is 0 Å². The third-order valence-electron chi connectivity index (χ3n) is 4.86. The first-order valence-electron chi connectivity index (χ1n) is 9.53. The summed E-state index contributed by atoms with van der Waals surface area (Å²) >= 11 is 6.13. The van der Waals surface area contributed by atoms with Crippen molar-refractivity contribution in [3.8, 4) is 0 Å². The van der Waals surface area contributed by atoms with E-state index in [0.717, 1.165) is 0 Å². The molecule has 0 saturated heterocycles. The van der Waals surface area contributed by atoms with Gasteiger partial charge in [0.05, 0.1) is 19.4 Å². The molecule has 0 fully saturated rings. The van der Waals surface area contributed by atoms with Crippen LogP contribution < -0.4 is 0 Å². The molecule has 0 saturated carbocycles. The van der Waals surface area contributed by atoms with Crippen LogP contribution in [0.4, 0.5) is 13.2 Å². The molecular formula is C20H21ClF3N3O3. The number of alkyl halides is 3. The number of benzene rings is 1. The summed E-state index contributed by atoms with van der Waals surface area (Å²) < 4.78 is 44.2. The van der Waals surface area contributed by atoms with Gasteiger partial charge in [0, 0.05) is 42.3 Å². The predicted octanol–water partition coefficient (Wildman–Crippen LogP) is 3.79. The number of aromatic nitrogens is 2. The molecule has 1 aromatic heterocycles. The number of carbonyl (C=O) groups is 2. The lowest BCUT2D eigenvalue weighted by atomic mass is 10.0. The van der Waals surface area contributed by atoms with Crippen LogP contribution in [0.2, 0.25) is 5.02 Å². The van der Waals surface area contributed by atoms with Gasteiger partial charge in [0.1, 0.15) is 0 Å². The SMILES string of the molecule is CCOC(=O)c1nn(CCC(F)(F)F)c2c1CN(C(=O)Cc1ccccc1Cl)CC2. The van der Waals surface area contributed by atoms with Crippen molar-refractivity contribution in [1.82, 2.24) is 14.7 Å². The second-order valence-electron chi connectivity index (χ2n) is 6.92. The Balaban J connectivity index is 1.83. The molecule has 162 valence electrons. The Morgan fingerprint density at radius 3 is 2.67 bits per heavy atom. The minimum atomic E-state index is -4.34. The molecule has 3 rings (SSSR count). The van der Waals surface area contributed by atoms with Gasteiger partial charge in [-0.05, 0) is 18.6 Å². The molecule has 10 heteroatoms. The van der Waals surface area contributed by atoms with Gasteiger partial charge >= 0.3 is 12.1 Å². The summed E-state index contributed by atoms with van der Waals surface area (Å²) in [5.74, 6) is -0.897. The number of esters is 1. The number of carbonyl (C=O) groups excluding carboxylic acids is 2. The van der Waals surface area contributed by atoms with Gasteiger partial charge in [-0.25, -0.2) is 4.79 Å². The number of ether oxygens (including phenoxy) is 1. The molecule has 1 aromatic carbocycles. The average molecular weight is 444 g/mol. The van der Waals surface area contributed by atoms with Crippen LogP contribution in [0.25, 0.3) is 0 Å². The maximum absolute atomic E-state index is 12.8. The van der Waals surface area contributed by atoms with E-state index in [-0.39, 0.29) is 31.2 Å². The molecule has 0 atom stereocenters. The molecular weight excluding hydrogens is 423 g/mol. The number of hydrogen-bond donors (Lipinski definition) is 0. The Labute approximate surface area is 176 Å². The molecule has 1 aliphatic rings. The predicted molar refractivity (Wildman–Crippen MR) is 103 cm³/mol. The van der Waals surface area contributed by atoms with E-state index in [1.807, 2.05) is 0 Å². The summed E-state index contributed by atoms with van der Waals surface area (Å²) in [7, 11) is 0. The van der Waals surface area contributed by atoms with Gasteiger partial charge in [-0.3, -0.25) is 9.48 Å². The number of hydrogen-bond acceptors (Lipinski definition) is 4. The molecule has 0 bridgehead atoms. The van der Waals surface area contributed by atoms with Gasteiger partial charge in [-0.15, -0.1) is 0 Å². The minimum Gasteiger partial charge on any atom is -0.461 e. The normalized spacial score (nSPS) is 13.8. The molecule has 30 heavy (non-hydrogen) atoms. The fourth-order valence-corrected chi connectivity index (χ4v) is 3.60. The molecule has 0 radical (unpaired) electrons. The van der Waals surface area contributed by atoms with Gasteiger partial charge in [0.25, 0.3) is 0 Å². The van der Waals surface area contributed by atoms with Crippen molar-refractivity contribution in [2.24, 2.45) is 0 Å². The second-order valence-corrected chi connectivity index (χ2v) is 7.32. The Hall–Kier alpha value is -2.55. The van der Waals surface area contributed by atoms with Crippen LogP contribution >= 0.6 is 11.6 Å². The lowest BCUT2D eigenvalue weighted by Gasteiger charge is -2.28. The van der Waals surface area contributed by atoms with Crippen molar-refractivity contribution in [3.63, 3.8) is 0 Å². The Morgan fingerprint density at radius 2 is 2.00 bits per heavy atom. The number of nitrogens with zero attached hydrogens (tertiary/aromatic N) is 3. The summed E-state index contributed by atoms with van der Waals surface area (Å²) in [6.07, 6.45) is -5.01. The number of halogens is 4. The van der Waals surface area contributed by atoms with Crippen LogP contribution in [0.3, 0.4) is 0 Å². The van der Waals surface area contributed by atoms with Crippen LogP contribution in [-0.2, 0) is 35.5 Å². The maximum atomic E-state index is 12.8. The third kappa shape index (κ3) is 5.13. The van der Waals surface area contributed by atoms with E-state index in [2.05, 4.69) is 5.10 Å². The number of amides is 1. The first kappa shape index (κ1) is 22.1. The Kier molecular flexibility index (Phi) is 6.70. The van der Waals surface area contributed by atoms with E-state index in [1.165, 1.54) is 4.68 Å². The van der Waals surface area contributed by atoms with Gasteiger partial charge in [-0.2, -0.15) is 18.3 Å². The largest absolute Gasteiger partial charge is 0.461 e. The molecule has 2 aromatic rings. The van der Waals surface area contributed by atoms with Crippen LogP contribution in [0.5, 0.6) is 0 Å². The van der Waals surface area contributed by atoms with Crippen molar-refractivity contribution < 1.29 is 27.5 Å². The van der Waals surface area contributed by atoms with E-state index < -0.39 is 25.1 Å². The molecule has 1 amide bonds. The van der Waals surface area contributed by atoms with E-state index in [4.69, 9.17) is 16.3 Å². The third-order valence-corrected chi connectivity index (χ3v) is 5.23. The van der Waals surface area contributed by atoms with Crippen molar-refractivity contribution in [2.75, 3.05) is 13.2 Å². The lowest BCUT2D eigenvalue weighted by Crippen LogP contribution is -2.37. The van der Waals surface area contributed by atoms with Crippen molar-refractivity contribution in [2.45, 2.75) is 45.5 Å². The molecule has 0 N–H and O–H groups in total. The van der Waals surface area contributed by atoms with Crippen LogP contribution in [0.1, 0.15) is 40.7 Å². The summed E-state index contributed by atoms with van der Waals surface area (Å²) in [5, 5.41) is 4.57. The van der Waals surface area contributed by atoms with Gasteiger partial charge < -0.3 is 9.64 Å². The van der Waals surface area contributed by atoms with Gasteiger partial charge in [0.15, 0.2) is 5.69 Å². The van der Waals surface area contributed by atoms with Crippen LogP contribution in [-0.4, -0.2) is 45.9 Å². The lowest BCUT2D eigenvalue weighted by molar-refractivity contribution is -0.137. The summed E-state index contributed by atoms with van der Waals surface area (Å²) in [4.78, 5) is 26.6. The molecule has 0 spiro atoms. The smallest absolute Gasteiger partial charge is 0.390 e. The fourth-order valence-electron chi connectivity index (χ4n) is 3.40. The summed E-state index contributed by atoms with van der Waals surface area (Å²) in [5.41, 5.74) is 1.61. The maximum Gasteiger partial charge on any atom is 0.390 e. The highest BCUT2D eigenvalue weighted by molar-refractivity contribution is 6.31. The van der Waals surface area contributed by atoms with Crippen molar-refractivity contribution in [3.05, 3.63) is 51.8 Å². The quantitative estimate of drug-likeness (QED) is 0.637.